The summed E-state index contributed by atoms with van der Waals surface area (Å²) in [6, 6.07) is 16.0. The number of fused-ring (bicyclic) bond motifs is 1. The van der Waals surface area contributed by atoms with E-state index in [1.165, 1.54) is 5.56 Å². The molecule has 0 saturated carbocycles. The predicted molar refractivity (Wildman–Crippen MR) is 92.4 cm³/mol. The van der Waals surface area contributed by atoms with Crippen molar-refractivity contribution in [3.8, 4) is 11.5 Å². The minimum atomic E-state index is 0.312. The third-order valence-electron chi connectivity index (χ3n) is 4.16. The molecule has 6 heteroatoms. The quantitative estimate of drug-likeness (QED) is 0.600. The van der Waals surface area contributed by atoms with Gasteiger partial charge in [0.1, 0.15) is 0 Å². The van der Waals surface area contributed by atoms with Crippen molar-refractivity contribution in [1.82, 2.24) is 20.4 Å². The first-order valence-electron chi connectivity index (χ1n) is 7.82. The molecule has 0 fully saturated rings. The standard InChI is InChI=1S/C18H17N5O/c1-11(12-5-3-2-4-6-12)9-16-21-23-18(24-16)13-7-8-15-14(10-13)17(19)22-20-15/h2-8,10-11H,9H2,1H3,(H3,19,20,22)/t11-/m0/s1. The van der Waals surface area contributed by atoms with Crippen LogP contribution in [-0.2, 0) is 6.42 Å². The van der Waals surface area contributed by atoms with Crippen LogP contribution in [0.3, 0.4) is 0 Å². The fourth-order valence-electron chi connectivity index (χ4n) is 2.78. The highest BCUT2D eigenvalue weighted by molar-refractivity contribution is 5.91. The molecule has 0 aliphatic carbocycles. The van der Waals surface area contributed by atoms with Gasteiger partial charge < -0.3 is 10.2 Å². The molecule has 1 atom stereocenters. The highest BCUT2D eigenvalue weighted by Gasteiger charge is 2.14. The van der Waals surface area contributed by atoms with E-state index in [1.807, 2.05) is 36.4 Å². The summed E-state index contributed by atoms with van der Waals surface area (Å²) in [5.41, 5.74) is 8.82. The lowest BCUT2D eigenvalue weighted by atomic mass is 9.98. The topological polar surface area (TPSA) is 93.6 Å². The van der Waals surface area contributed by atoms with Crippen LogP contribution >= 0.6 is 0 Å². The molecule has 0 spiro atoms. The molecule has 6 nitrogen and oxygen atoms in total. The lowest BCUT2D eigenvalue weighted by Crippen LogP contribution is -1.98. The van der Waals surface area contributed by atoms with Crippen LogP contribution in [0.4, 0.5) is 5.82 Å². The van der Waals surface area contributed by atoms with Gasteiger partial charge in [0, 0.05) is 17.4 Å². The van der Waals surface area contributed by atoms with Crippen molar-refractivity contribution in [3.63, 3.8) is 0 Å². The van der Waals surface area contributed by atoms with E-state index < -0.39 is 0 Å². The van der Waals surface area contributed by atoms with E-state index in [1.54, 1.807) is 0 Å². The number of aromatic nitrogens is 4. The van der Waals surface area contributed by atoms with E-state index in [0.29, 0.717) is 29.9 Å². The Morgan fingerprint density at radius 3 is 2.79 bits per heavy atom. The fourth-order valence-corrected chi connectivity index (χ4v) is 2.78. The minimum absolute atomic E-state index is 0.312. The third-order valence-corrected chi connectivity index (χ3v) is 4.16. The molecule has 4 aromatic rings. The van der Waals surface area contributed by atoms with Crippen LogP contribution in [0.25, 0.3) is 22.4 Å². The third kappa shape index (κ3) is 2.62. The first kappa shape index (κ1) is 14.4. The molecule has 0 aliphatic heterocycles. The lowest BCUT2D eigenvalue weighted by Gasteiger charge is -2.08. The maximum absolute atomic E-state index is 5.85. The Balaban J connectivity index is 1.58. The molecule has 2 aromatic carbocycles. The number of nitrogens with zero attached hydrogens (tertiary/aromatic N) is 3. The average Bonchev–Trinajstić information content (AvgIpc) is 3.23. The summed E-state index contributed by atoms with van der Waals surface area (Å²) in [5, 5.41) is 16.1. The maximum Gasteiger partial charge on any atom is 0.247 e. The number of rotatable bonds is 4. The molecule has 0 saturated heterocycles. The van der Waals surface area contributed by atoms with Crippen molar-refractivity contribution in [2.45, 2.75) is 19.3 Å². The monoisotopic (exact) mass is 319 g/mol. The summed E-state index contributed by atoms with van der Waals surface area (Å²) < 4.78 is 5.83. The van der Waals surface area contributed by atoms with Gasteiger partial charge in [-0.05, 0) is 29.7 Å². The molecule has 4 rings (SSSR count). The van der Waals surface area contributed by atoms with E-state index in [4.69, 9.17) is 10.2 Å². The Hall–Kier alpha value is -3.15. The van der Waals surface area contributed by atoms with Gasteiger partial charge in [-0.2, -0.15) is 5.10 Å². The van der Waals surface area contributed by atoms with Crippen LogP contribution in [0.15, 0.2) is 52.9 Å². The molecule has 120 valence electrons. The summed E-state index contributed by atoms with van der Waals surface area (Å²) in [5.74, 6) is 1.89. The molecule has 2 heterocycles. The molecule has 0 aliphatic rings. The van der Waals surface area contributed by atoms with Gasteiger partial charge in [0.25, 0.3) is 0 Å². The number of nitrogen functional groups attached to an aromatic ring is 1. The van der Waals surface area contributed by atoms with E-state index in [9.17, 15) is 0 Å². The van der Waals surface area contributed by atoms with E-state index in [2.05, 4.69) is 39.5 Å². The fraction of sp³-hybridized carbons (Fsp3) is 0.167. The van der Waals surface area contributed by atoms with Gasteiger partial charge in [-0.15, -0.1) is 10.2 Å². The molecule has 3 N–H and O–H groups in total. The number of H-pyrrole nitrogens is 1. The Labute approximate surface area is 138 Å². The van der Waals surface area contributed by atoms with Crippen molar-refractivity contribution in [2.24, 2.45) is 0 Å². The molecule has 0 radical (unpaired) electrons. The van der Waals surface area contributed by atoms with Gasteiger partial charge in [0.15, 0.2) is 5.82 Å². The first-order valence-corrected chi connectivity index (χ1v) is 7.82. The zero-order valence-electron chi connectivity index (χ0n) is 13.2. The largest absolute Gasteiger partial charge is 0.421 e. The Morgan fingerprint density at radius 2 is 1.96 bits per heavy atom. The zero-order valence-corrected chi connectivity index (χ0v) is 13.2. The molecule has 24 heavy (non-hydrogen) atoms. The number of anilines is 1. The van der Waals surface area contributed by atoms with Crippen LogP contribution in [0.1, 0.15) is 24.3 Å². The van der Waals surface area contributed by atoms with E-state index in [0.717, 1.165) is 16.5 Å². The number of aromatic amines is 1. The molecule has 0 bridgehead atoms. The van der Waals surface area contributed by atoms with Crippen LogP contribution in [-0.4, -0.2) is 20.4 Å². The van der Waals surface area contributed by atoms with Gasteiger partial charge in [-0.3, -0.25) is 5.10 Å². The van der Waals surface area contributed by atoms with Gasteiger partial charge in [0.05, 0.1) is 5.52 Å². The summed E-state index contributed by atoms with van der Waals surface area (Å²) in [6.45, 7) is 2.15. The second-order valence-electron chi connectivity index (χ2n) is 5.89. The van der Waals surface area contributed by atoms with Crippen LogP contribution in [0.5, 0.6) is 0 Å². The number of nitrogens with two attached hydrogens (primary N) is 1. The molecule has 2 aromatic heterocycles. The highest BCUT2D eigenvalue weighted by atomic mass is 16.4. The number of benzene rings is 2. The molecule has 0 amide bonds. The summed E-state index contributed by atoms with van der Waals surface area (Å²) in [4.78, 5) is 0. The second-order valence-corrected chi connectivity index (χ2v) is 5.89. The van der Waals surface area contributed by atoms with E-state index >= 15 is 0 Å². The molecule has 0 unspecified atom stereocenters. The van der Waals surface area contributed by atoms with Crippen molar-refractivity contribution in [2.75, 3.05) is 5.73 Å². The highest BCUT2D eigenvalue weighted by Crippen LogP contribution is 2.26. The normalized spacial score (nSPS) is 12.5. The van der Waals surface area contributed by atoms with Crippen LogP contribution < -0.4 is 5.73 Å². The van der Waals surface area contributed by atoms with Crippen LogP contribution in [0, 0.1) is 0 Å². The minimum Gasteiger partial charge on any atom is -0.421 e. The van der Waals surface area contributed by atoms with Crippen molar-refractivity contribution in [1.29, 1.82) is 0 Å². The number of nitrogens with one attached hydrogen (secondary N) is 1. The molecular formula is C18H17N5O. The second kappa shape index (κ2) is 5.81. The first-order chi connectivity index (χ1) is 11.7. The lowest BCUT2D eigenvalue weighted by molar-refractivity contribution is 0.488. The average molecular weight is 319 g/mol. The Morgan fingerprint density at radius 1 is 1.12 bits per heavy atom. The number of hydrogen-bond donors (Lipinski definition) is 2. The zero-order chi connectivity index (χ0) is 16.5. The van der Waals surface area contributed by atoms with Crippen molar-refractivity contribution < 1.29 is 4.42 Å². The van der Waals surface area contributed by atoms with Gasteiger partial charge in [-0.25, -0.2) is 0 Å². The number of hydrogen-bond acceptors (Lipinski definition) is 5. The Kier molecular flexibility index (Phi) is 3.49. The maximum atomic E-state index is 5.85. The van der Waals surface area contributed by atoms with Gasteiger partial charge >= 0.3 is 0 Å². The van der Waals surface area contributed by atoms with Gasteiger partial charge in [0.2, 0.25) is 11.8 Å². The SMILES string of the molecule is C[C@@H](Cc1nnc(-c2ccc3[nH]nc(N)c3c2)o1)c1ccccc1. The molecular weight excluding hydrogens is 302 g/mol. The summed E-state index contributed by atoms with van der Waals surface area (Å²) in [6.07, 6.45) is 0.701. The van der Waals surface area contributed by atoms with Crippen molar-refractivity contribution >= 4 is 16.7 Å². The van der Waals surface area contributed by atoms with Gasteiger partial charge in [-0.1, -0.05) is 37.3 Å². The smallest absolute Gasteiger partial charge is 0.247 e. The van der Waals surface area contributed by atoms with E-state index in [-0.39, 0.29) is 0 Å². The summed E-state index contributed by atoms with van der Waals surface area (Å²) in [7, 11) is 0. The van der Waals surface area contributed by atoms with Crippen LogP contribution in [0.2, 0.25) is 0 Å². The van der Waals surface area contributed by atoms with Crippen molar-refractivity contribution in [3.05, 3.63) is 60.0 Å². The Bertz CT molecular complexity index is 973. The predicted octanol–water partition coefficient (Wildman–Crippen LogP) is 3.54. The summed E-state index contributed by atoms with van der Waals surface area (Å²) >= 11 is 0.